The minimum atomic E-state index is -0.807. The lowest BCUT2D eigenvalue weighted by molar-refractivity contribution is -0.119. The van der Waals surface area contributed by atoms with E-state index in [9.17, 15) is 4.79 Å². The van der Waals surface area contributed by atoms with Crippen LogP contribution in [-0.4, -0.2) is 5.78 Å². The molecule has 2 unspecified atom stereocenters. The Labute approximate surface area is 233 Å². The molecule has 1 aliphatic rings. The van der Waals surface area contributed by atoms with Crippen molar-refractivity contribution in [3.8, 4) is 22.3 Å². The van der Waals surface area contributed by atoms with Gasteiger partial charge in [0.2, 0.25) is 0 Å². The van der Waals surface area contributed by atoms with Crippen molar-refractivity contribution >= 4 is 19.0 Å². The molecule has 0 spiro atoms. The Kier molecular flexibility index (Phi) is 7.27. The van der Waals surface area contributed by atoms with E-state index in [1.165, 1.54) is 49.8 Å². The van der Waals surface area contributed by atoms with E-state index in [0.29, 0.717) is 18.6 Å². The maximum Gasteiger partial charge on any atom is 0.134 e. The van der Waals surface area contributed by atoms with E-state index in [1.807, 2.05) is 0 Å². The van der Waals surface area contributed by atoms with E-state index < -0.39 is 7.92 Å². The Bertz CT molecular complexity index is 1490. The lowest BCUT2D eigenvalue weighted by Crippen LogP contribution is -2.26. The number of hydrogen-bond acceptors (Lipinski definition) is 1. The van der Waals surface area contributed by atoms with Crippen molar-refractivity contribution in [1.82, 2.24) is 0 Å². The van der Waals surface area contributed by atoms with Crippen LogP contribution in [0.15, 0.2) is 127 Å². The summed E-state index contributed by atoms with van der Waals surface area (Å²) in [5.74, 6) is 0.363. The summed E-state index contributed by atoms with van der Waals surface area (Å²) in [6, 6.07) is 45.8. The zero-order valence-corrected chi connectivity index (χ0v) is 23.4. The van der Waals surface area contributed by atoms with Crippen molar-refractivity contribution in [2.24, 2.45) is 0 Å². The van der Waals surface area contributed by atoms with Crippen LogP contribution in [-0.2, 0) is 4.79 Å². The summed E-state index contributed by atoms with van der Waals surface area (Å²) in [6.07, 6.45) is 1.18. The van der Waals surface area contributed by atoms with Gasteiger partial charge in [-0.1, -0.05) is 135 Å². The molecule has 1 nitrogen and oxygen atoms in total. The van der Waals surface area contributed by atoms with E-state index in [4.69, 9.17) is 0 Å². The van der Waals surface area contributed by atoms with E-state index in [2.05, 4.69) is 141 Å². The standard InChI is InChI=1S/C37H33OP/c1-26-14-9-11-20-31(26)33-22-13-23-34(32-21-12-10-15-27(32)2)37(33)39-35(28-16-5-3-6-17-28)24-30(38)25-36(39)29-18-7-4-8-19-29/h3-23,35-36H,24-25H2,1-2H3. The second kappa shape index (κ2) is 11.1. The fraction of sp³-hybridized carbons (Fsp3) is 0.162. The Morgan fingerprint density at radius 3 is 1.31 bits per heavy atom. The van der Waals surface area contributed by atoms with E-state index >= 15 is 0 Å². The molecule has 0 aromatic heterocycles. The SMILES string of the molecule is Cc1ccccc1-c1cccc(-c2ccccc2C)c1P1C(c2ccccc2)CC(=O)CC1c1ccccc1. The molecule has 39 heavy (non-hydrogen) atoms. The van der Waals surface area contributed by atoms with Gasteiger partial charge >= 0.3 is 0 Å². The molecule has 0 aliphatic carbocycles. The maximum atomic E-state index is 13.4. The van der Waals surface area contributed by atoms with E-state index in [1.54, 1.807) is 0 Å². The summed E-state index contributed by atoms with van der Waals surface area (Å²) in [6.45, 7) is 4.42. The summed E-state index contributed by atoms with van der Waals surface area (Å²) in [4.78, 5) is 13.4. The van der Waals surface area contributed by atoms with Crippen LogP contribution in [0.1, 0.15) is 46.4 Å². The number of ketones is 1. The molecule has 2 atom stereocenters. The average molecular weight is 525 g/mol. The van der Waals surface area contributed by atoms with Gasteiger partial charge in [0.05, 0.1) is 0 Å². The normalized spacial score (nSPS) is 19.1. The third-order valence-corrected chi connectivity index (χ3v) is 11.3. The smallest absolute Gasteiger partial charge is 0.134 e. The largest absolute Gasteiger partial charge is 0.300 e. The van der Waals surface area contributed by atoms with Crippen molar-refractivity contribution in [1.29, 1.82) is 0 Å². The van der Waals surface area contributed by atoms with Gasteiger partial charge in [-0.05, 0) is 63.7 Å². The van der Waals surface area contributed by atoms with Crippen molar-refractivity contribution in [2.75, 3.05) is 0 Å². The first-order valence-corrected chi connectivity index (χ1v) is 15.2. The number of carbonyl (C=O) groups is 1. The fourth-order valence-corrected chi connectivity index (χ4v) is 9.95. The van der Waals surface area contributed by atoms with Gasteiger partial charge in [-0.15, -0.1) is 0 Å². The number of carbonyl (C=O) groups excluding carboxylic acids is 1. The lowest BCUT2D eigenvalue weighted by atomic mass is 9.94. The molecule has 0 amide bonds. The lowest BCUT2D eigenvalue weighted by Gasteiger charge is -2.41. The third kappa shape index (κ3) is 5.00. The summed E-state index contributed by atoms with van der Waals surface area (Å²) >= 11 is 0. The summed E-state index contributed by atoms with van der Waals surface area (Å²) in [5, 5.41) is 1.42. The molecule has 0 radical (unpaired) electrons. The van der Waals surface area contributed by atoms with Crippen LogP contribution in [0.2, 0.25) is 0 Å². The highest BCUT2D eigenvalue weighted by molar-refractivity contribution is 7.67. The summed E-state index contributed by atoms with van der Waals surface area (Å²) < 4.78 is 0. The van der Waals surface area contributed by atoms with Crippen molar-refractivity contribution in [3.63, 3.8) is 0 Å². The molecule has 0 saturated carbocycles. The molecule has 6 rings (SSSR count). The molecule has 192 valence electrons. The minimum Gasteiger partial charge on any atom is -0.300 e. The topological polar surface area (TPSA) is 17.1 Å². The van der Waals surface area contributed by atoms with Gasteiger partial charge in [-0.25, -0.2) is 0 Å². The van der Waals surface area contributed by atoms with Gasteiger partial charge in [-0.2, -0.15) is 0 Å². The molecule has 5 aromatic carbocycles. The Hall–Kier alpha value is -3.80. The molecule has 1 saturated heterocycles. The predicted molar refractivity (Wildman–Crippen MR) is 166 cm³/mol. The third-order valence-electron chi connectivity index (χ3n) is 8.05. The van der Waals surface area contributed by atoms with Crippen LogP contribution < -0.4 is 5.30 Å². The molecule has 2 heteroatoms. The number of hydrogen-bond donors (Lipinski definition) is 0. The fourth-order valence-electron chi connectivity index (χ4n) is 6.15. The van der Waals surface area contributed by atoms with Crippen LogP contribution in [0.4, 0.5) is 0 Å². The molecule has 0 bridgehead atoms. The van der Waals surface area contributed by atoms with Gasteiger partial charge in [0.15, 0.2) is 0 Å². The van der Waals surface area contributed by atoms with Crippen LogP contribution in [0.5, 0.6) is 0 Å². The molecule has 5 aromatic rings. The van der Waals surface area contributed by atoms with Crippen LogP contribution in [0.3, 0.4) is 0 Å². The highest BCUT2D eigenvalue weighted by atomic mass is 31.1. The molecular formula is C37H33OP. The minimum absolute atomic E-state index is 0.153. The van der Waals surface area contributed by atoms with Crippen molar-refractivity contribution in [3.05, 3.63) is 150 Å². The molecular weight excluding hydrogens is 491 g/mol. The zero-order chi connectivity index (χ0) is 26.8. The Morgan fingerprint density at radius 1 is 0.487 bits per heavy atom. The molecule has 1 heterocycles. The quantitative estimate of drug-likeness (QED) is 0.209. The van der Waals surface area contributed by atoms with Crippen LogP contribution in [0, 0.1) is 13.8 Å². The molecule has 1 fully saturated rings. The maximum absolute atomic E-state index is 13.4. The predicted octanol–water partition coefficient (Wildman–Crippen LogP) is 9.59. The second-order valence-electron chi connectivity index (χ2n) is 10.5. The molecule has 0 N–H and O–H groups in total. The van der Waals surface area contributed by atoms with Gasteiger partial charge in [0, 0.05) is 24.2 Å². The van der Waals surface area contributed by atoms with Gasteiger partial charge < -0.3 is 0 Å². The monoisotopic (exact) mass is 524 g/mol. The van der Waals surface area contributed by atoms with Crippen LogP contribution in [0.25, 0.3) is 22.3 Å². The number of aryl methyl sites for hydroxylation is 2. The first-order valence-electron chi connectivity index (χ1n) is 13.8. The zero-order valence-electron chi connectivity index (χ0n) is 22.5. The Balaban J connectivity index is 1.69. The van der Waals surface area contributed by atoms with Gasteiger partial charge in [-0.3, -0.25) is 4.79 Å². The summed E-state index contributed by atoms with van der Waals surface area (Å²) in [7, 11) is -0.807. The highest BCUT2D eigenvalue weighted by Gasteiger charge is 2.41. The van der Waals surface area contributed by atoms with Crippen molar-refractivity contribution < 1.29 is 4.79 Å². The summed E-state index contributed by atoms with van der Waals surface area (Å²) in [5.41, 5.74) is 10.6. The number of Topliss-reactive ketones (excluding diaryl/α,β-unsaturated/α-hetero) is 1. The average Bonchev–Trinajstić information content (AvgIpc) is 2.98. The second-order valence-corrected chi connectivity index (χ2v) is 13.0. The van der Waals surface area contributed by atoms with E-state index in [-0.39, 0.29) is 11.3 Å². The first kappa shape index (κ1) is 25.5. The highest BCUT2D eigenvalue weighted by Crippen LogP contribution is 2.68. The number of rotatable bonds is 5. The van der Waals surface area contributed by atoms with Crippen molar-refractivity contribution in [2.45, 2.75) is 38.0 Å². The van der Waals surface area contributed by atoms with Crippen LogP contribution >= 0.6 is 7.92 Å². The van der Waals surface area contributed by atoms with Gasteiger partial charge in [0.1, 0.15) is 5.78 Å². The first-order chi connectivity index (χ1) is 19.1. The van der Waals surface area contributed by atoms with Gasteiger partial charge in [0.25, 0.3) is 0 Å². The Morgan fingerprint density at radius 2 is 0.872 bits per heavy atom. The molecule has 1 aliphatic heterocycles. The van der Waals surface area contributed by atoms with E-state index in [0.717, 1.165) is 0 Å². The number of benzene rings is 5.